The van der Waals surface area contributed by atoms with Gasteiger partial charge in [0.25, 0.3) is 0 Å². The molecular weight excluding hydrogens is 356 g/mol. The molecule has 0 radical (unpaired) electrons. The van der Waals surface area contributed by atoms with E-state index in [0.29, 0.717) is 13.0 Å². The Morgan fingerprint density at radius 2 is 2.22 bits per heavy atom. The molecule has 5 nitrogen and oxygen atoms in total. The van der Waals surface area contributed by atoms with Gasteiger partial charge >= 0.3 is 0 Å². The highest BCUT2D eigenvalue weighted by Gasteiger charge is 2.34. The molecule has 0 spiro atoms. The molecule has 2 aliphatic rings. The zero-order valence-electron chi connectivity index (χ0n) is 13.1. The molecule has 1 amide bonds. The molecule has 23 heavy (non-hydrogen) atoms. The third-order valence-corrected chi connectivity index (χ3v) is 5.81. The number of hydrogen-bond donors (Lipinski definition) is 0. The van der Waals surface area contributed by atoms with E-state index in [1.54, 1.807) is 6.33 Å². The predicted molar refractivity (Wildman–Crippen MR) is 89.7 cm³/mol. The van der Waals surface area contributed by atoms with Gasteiger partial charge in [-0.15, -0.1) is 10.2 Å². The number of aryl methyl sites for hydroxylation is 1. The zero-order chi connectivity index (χ0) is 16.0. The van der Waals surface area contributed by atoms with Crippen LogP contribution >= 0.6 is 15.9 Å². The second-order valence-electron chi connectivity index (χ2n) is 6.53. The van der Waals surface area contributed by atoms with Crippen molar-refractivity contribution in [1.29, 1.82) is 0 Å². The van der Waals surface area contributed by atoms with Crippen LogP contribution in [0.1, 0.15) is 30.3 Å². The average molecular weight is 375 g/mol. The average Bonchev–Trinajstić information content (AvgIpc) is 3.02. The van der Waals surface area contributed by atoms with E-state index in [9.17, 15) is 4.79 Å². The molecule has 3 heterocycles. The lowest BCUT2D eigenvalue weighted by Crippen LogP contribution is -2.46. The first-order valence-electron chi connectivity index (χ1n) is 8.07. The fraction of sp³-hybridized carbons (Fsp3) is 0.471. The van der Waals surface area contributed by atoms with Crippen LogP contribution in [0.25, 0.3) is 0 Å². The highest BCUT2D eigenvalue weighted by Crippen LogP contribution is 2.31. The van der Waals surface area contributed by atoms with Gasteiger partial charge in [0.1, 0.15) is 12.2 Å². The first-order chi connectivity index (χ1) is 11.1. The molecule has 4 rings (SSSR count). The zero-order valence-corrected chi connectivity index (χ0v) is 14.7. The van der Waals surface area contributed by atoms with Gasteiger partial charge in [-0.25, -0.2) is 0 Å². The van der Waals surface area contributed by atoms with E-state index < -0.39 is 0 Å². The number of carbonyl (C=O) groups is 1. The molecule has 0 aliphatic carbocycles. The summed E-state index contributed by atoms with van der Waals surface area (Å²) in [7, 11) is 0. The van der Waals surface area contributed by atoms with Crippen LogP contribution < -0.4 is 0 Å². The van der Waals surface area contributed by atoms with E-state index in [0.717, 1.165) is 29.7 Å². The largest absolute Gasteiger partial charge is 0.335 e. The van der Waals surface area contributed by atoms with Crippen molar-refractivity contribution in [3.63, 3.8) is 0 Å². The van der Waals surface area contributed by atoms with E-state index in [-0.39, 0.29) is 17.9 Å². The van der Waals surface area contributed by atoms with Crippen LogP contribution in [0.2, 0.25) is 0 Å². The number of carbonyl (C=O) groups excluding carboxylic acids is 1. The Balaban J connectivity index is 1.55. The Morgan fingerprint density at radius 3 is 3.09 bits per heavy atom. The van der Waals surface area contributed by atoms with Crippen molar-refractivity contribution in [1.82, 2.24) is 19.7 Å². The Bertz CT molecular complexity index is 757. The minimum atomic E-state index is 0.0304. The molecular formula is C17H19BrN4O. The van der Waals surface area contributed by atoms with Gasteiger partial charge in [-0.3, -0.25) is 4.79 Å². The molecule has 2 aliphatic heterocycles. The summed E-state index contributed by atoms with van der Waals surface area (Å²) in [5.74, 6) is 1.22. The molecule has 1 aromatic carbocycles. The number of amides is 1. The standard InChI is InChI=1S/C17H19BrN4O/c1-11-7-14-13(3-2-4-15(14)18)9-22(11)17(23)12-5-6-21-10-19-20-16(21)8-12/h2-4,10-12H,5-9H2,1H3. The maximum absolute atomic E-state index is 13.0. The van der Waals surface area contributed by atoms with E-state index in [4.69, 9.17) is 0 Å². The Labute approximate surface area is 143 Å². The normalized spacial score (nSPS) is 23.3. The molecule has 0 fully saturated rings. The van der Waals surface area contributed by atoms with Crippen molar-refractivity contribution in [2.45, 2.75) is 45.3 Å². The van der Waals surface area contributed by atoms with Crippen molar-refractivity contribution in [3.8, 4) is 0 Å². The summed E-state index contributed by atoms with van der Waals surface area (Å²) >= 11 is 3.64. The van der Waals surface area contributed by atoms with Gasteiger partial charge in [0.2, 0.25) is 5.91 Å². The summed E-state index contributed by atoms with van der Waals surface area (Å²) in [4.78, 5) is 15.1. The molecule has 0 saturated heterocycles. The SMILES string of the molecule is CC1Cc2c(Br)cccc2CN1C(=O)C1CCn2cnnc2C1. The smallest absolute Gasteiger partial charge is 0.226 e. The summed E-state index contributed by atoms with van der Waals surface area (Å²) in [6.07, 6.45) is 4.24. The number of rotatable bonds is 1. The van der Waals surface area contributed by atoms with Crippen LogP contribution in [-0.2, 0) is 30.7 Å². The number of halogens is 1. The van der Waals surface area contributed by atoms with Crippen molar-refractivity contribution in [2.75, 3.05) is 0 Å². The molecule has 120 valence electrons. The van der Waals surface area contributed by atoms with Gasteiger partial charge in [-0.1, -0.05) is 28.1 Å². The van der Waals surface area contributed by atoms with Crippen LogP contribution in [0.4, 0.5) is 0 Å². The van der Waals surface area contributed by atoms with Crippen LogP contribution in [0.3, 0.4) is 0 Å². The summed E-state index contributed by atoms with van der Waals surface area (Å²) in [6, 6.07) is 6.49. The summed E-state index contributed by atoms with van der Waals surface area (Å²) in [6.45, 7) is 3.69. The highest BCUT2D eigenvalue weighted by atomic mass is 79.9. The number of fused-ring (bicyclic) bond motifs is 2. The number of benzene rings is 1. The fourth-order valence-corrected chi connectivity index (χ4v) is 4.28. The molecule has 6 heteroatoms. The minimum absolute atomic E-state index is 0.0304. The van der Waals surface area contributed by atoms with Gasteiger partial charge < -0.3 is 9.47 Å². The van der Waals surface area contributed by atoms with Crippen LogP contribution in [0.5, 0.6) is 0 Å². The topological polar surface area (TPSA) is 51.0 Å². The summed E-state index contributed by atoms with van der Waals surface area (Å²) in [5, 5.41) is 8.08. The Morgan fingerprint density at radius 1 is 1.35 bits per heavy atom. The molecule has 0 bridgehead atoms. The maximum Gasteiger partial charge on any atom is 0.226 e. The Kier molecular flexibility index (Phi) is 3.71. The first kappa shape index (κ1) is 14.9. The van der Waals surface area contributed by atoms with Crippen molar-refractivity contribution in [2.24, 2.45) is 5.92 Å². The fourth-order valence-electron chi connectivity index (χ4n) is 3.71. The molecule has 0 saturated carbocycles. The first-order valence-corrected chi connectivity index (χ1v) is 8.86. The molecule has 2 aromatic rings. The number of hydrogen-bond acceptors (Lipinski definition) is 3. The van der Waals surface area contributed by atoms with Gasteiger partial charge in [-0.05, 0) is 37.0 Å². The monoisotopic (exact) mass is 374 g/mol. The quantitative estimate of drug-likeness (QED) is 0.770. The van der Waals surface area contributed by atoms with Gasteiger partial charge in [0.05, 0.1) is 0 Å². The minimum Gasteiger partial charge on any atom is -0.335 e. The van der Waals surface area contributed by atoms with Gasteiger partial charge in [0.15, 0.2) is 0 Å². The third-order valence-electron chi connectivity index (χ3n) is 5.06. The second kappa shape index (κ2) is 5.74. The van der Waals surface area contributed by atoms with Gasteiger partial charge in [0, 0.05) is 35.9 Å². The van der Waals surface area contributed by atoms with Gasteiger partial charge in [-0.2, -0.15) is 0 Å². The molecule has 1 aromatic heterocycles. The summed E-state index contributed by atoms with van der Waals surface area (Å²) < 4.78 is 3.20. The molecule has 2 unspecified atom stereocenters. The summed E-state index contributed by atoms with van der Waals surface area (Å²) in [5.41, 5.74) is 2.59. The lowest BCUT2D eigenvalue weighted by Gasteiger charge is -2.38. The molecule has 2 atom stereocenters. The Hall–Kier alpha value is -1.69. The lowest BCUT2D eigenvalue weighted by atomic mass is 9.91. The van der Waals surface area contributed by atoms with E-state index in [1.165, 1.54) is 11.1 Å². The molecule has 0 N–H and O–H groups in total. The lowest BCUT2D eigenvalue weighted by molar-refractivity contribution is -0.139. The van der Waals surface area contributed by atoms with Crippen molar-refractivity contribution < 1.29 is 4.79 Å². The van der Waals surface area contributed by atoms with Crippen molar-refractivity contribution >= 4 is 21.8 Å². The van der Waals surface area contributed by atoms with Crippen molar-refractivity contribution in [3.05, 3.63) is 46.0 Å². The third kappa shape index (κ3) is 2.59. The van der Waals surface area contributed by atoms with E-state index in [1.807, 2.05) is 11.0 Å². The second-order valence-corrected chi connectivity index (χ2v) is 7.38. The highest BCUT2D eigenvalue weighted by molar-refractivity contribution is 9.10. The van der Waals surface area contributed by atoms with Crippen LogP contribution in [-0.4, -0.2) is 31.6 Å². The number of aromatic nitrogens is 3. The van der Waals surface area contributed by atoms with E-state index in [2.05, 4.69) is 49.8 Å². The number of nitrogens with zero attached hydrogens (tertiary/aromatic N) is 4. The van der Waals surface area contributed by atoms with E-state index >= 15 is 0 Å². The van der Waals surface area contributed by atoms with Crippen LogP contribution in [0, 0.1) is 5.92 Å². The predicted octanol–water partition coefficient (Wildman–Crippen LogP) is 2.58. The maximum atomic E-state index is 13.0. The van der Waals surface area contributed by atoms with Crippen LogP contribution in [0.15, 0.2) is 29.0 Å².